The first-order valence-corrected chi connectivity index (χ1v) is 4.37. The Bertz CT molecular complexity index is 266. The summed E-state index contributed by atoms with van der Waals surface area (Å²) in [6.45, 7) is 1.44. The molecule has 0 aromatic rings. The molecule has 0 saturated carbocycles. The van der Waals surface area contributed by atoms with Gasteiger partial charge in [0, 0.05) is 0 Å². The SMILES string of the molecule is CC[C@@H](O)[C@H](NC(=O)C(F)(F)F)C(=O)OC. The van der Waals surface area contributed by atoms with Gasteiger partial charge in [-0.25, -0.2) is 4.79 Å². The fourth-order valence-electron chi connectivity index (χ4n) is 0.898. The lowest BCUT2D eigenvalue weighted by molar-refractivity contribution is -0.177. The number of hydrogen-bond donors (Lipinski definition) is 2. The highest BCUT2D eigenvalue weighted by Gasteiger charge is 2.42. The van der Waals surface area contributed by atoms with Gasteiger partial charge < -0.3 is 15.2 Å². The van der Waals surface area contributed by atoms with Gasteiger partial charge in [-0.1, -0.05) is 6.92 Å². The number of nitrogens with one attached hydrogen (secondary N) is 1. The Kier molecular flexibility index (Phi) is 5.22. The molecule has 0 bridgehead atoms. The van der Waals surface area contributed by atoms with Crippen LogP contribution in [0.25, 0.3) is 0 Å². The van der Waals surface area contributed by atoms with Crippen LogP contribution >= 0.6 is 0 Å². The second kappa shape index (κ2) is 5.69. The van der Waals surface area contributed by atoms with Crippen LogP contribution in [-0.2, 0) is 14.3 Å². The van der Waals surface area contributed by atoms with E-state index < -0.39 is 30.2 Å². The lowest BCUT2D eigenvalue weighted by Gasteiger charge is -2.21. The van der Waals surface area contributed by atoms with E-state index in [1.54, 1.807) is 0 Å². The quantitative estimate of drug-likeness (QED) is 0.680. The zero-order chi connectivity index (χ0) is 12.9. The summed E-state index contributed by atoms with van der Waals surface area (Å²) in [6, 6.07) is -1.72. The fourth-order valence-corrected chi connectivity index (χ4v) is 0.898. The average molecular weight is 243 g/mol. The minimum absolute atomic E-state index is 0.00208. The van der Waals surface area contributed by atoms with Crippen molar-refractivity contribution in [3.05, 3.63) is 0 Å². The van der Waals surface area contributed by atoms with Crippen LogP contribution in [0.1, 0.15) is 13.3 Å². The predicted octanol–water partition coefficient (Wildman–Crippen LogP) is -0.0226. The van der Waals surface area contributed by atoms with Gasteiger partial charge in [-0.2, -0.15) is 13.2 Å². The van der Waals surface area contributed by atoms with Crippen molar-refractivity contribution < 1.29 is 32.6 Å². The van der Waals surface area contributed by atoms with E-state index in [-0.39, 0.29) is 6.42 Å². The first kappa shape index (κ1) is 14.7. The molecule has 8 heteroatoms. The maximum atomic E-state index is 11.9. The molecule has 0 aliphatic rings. The number of carbonyl (C=O) groups is 2. The molecule has 2 N–H and O–H groups in total. The van der Waals surface area contributed by atoms with E-state index in [2.05, 4.69) is 4.74 Å². The largest absolute Gasteiger partial charge is 0.471 e. The maximum absolute atomic E-state index is 11.9. The number of methoxy groups -OCH3 is 1. The normalized spacial score (nSPS) is 15.1. The summed E-state index contributed by atoms with van der Waals surface area (Å²) in [4.78, 5) is 21.6. The molecule has 0 radical (unpaired) electrons. The van der Waals surface area contributed by atoms with Crippen LogP contribution in [0, 0.1) is 0 Å². The smallest absolute Gasteiger partial charge is 0.467 e. The molecule has 0 aliphatic heterocycles. The van der Waals surface area contributed by atoms with E-state index in [0.717, 1.165) is 7.11 Å². The van der Waals surface area contributed by atoms with Crippen LogP contribution in [0.15, 0.2) is 0 Å². The van der Waals surface area contributed by atoms with E-state index in [4.69, 9.17) is 0 Å². The summed E-state index contributed by atoms with van der Waals surface area (Å²) in [5, 5.41) is 10.6. The summed E-state index contributed by atoms with van der Waals surface area (Å²) in [6.07, 6.45) is -6.55. The van der Waals surface area contributed by atoms with Gasteiger partial charge in [-0.3, -0.25) is 4.79 Å². The molecule has 0 fully saturated rings. The van der Waals surface area contributed by atoms with E-state index >= 15 is 0 Å². The lowest BCUT2D eigenvalue weighted by Crippen LogP contribution is -2.52. The standard InChI is InChI=1S/C8H12F3NO4/c1-3-4(13)5(6(14)16-2)12-7(15)8(9,10)11/h4-5,13H,3H2,1-2H3,(H,12,15)/t4-,5+/m1/s1. The minimum atomic E-state index is -5.11. The number of amides is 1. The van der Waals surface area contributed by atoms with E-state index in [1.807, 2.05) is 0 Å². The number of esters is 1. The first-order valence-electron chi connectivity index (χ1n) is 4.37. The van der Waals surface area contributed by atoms with Gasteiger partial charge in [0.05, 0.1) is 13.2 Å². The third-order valence-electron chi connectivity index (χ3n) is 1.80. The second-order valence-corrected chi connectivity index (χ2v) is 2.95. The van der Waals surface area contributed by atoms with Crippen molar-refractivity contribution in [2.24, 2.45) is 0 Å². The molecule has 0 aromatic heterocycles. The highest BCUT2D eigenvalue weighted by molar-refractivity contribution is 5.87. The molecule has 2 atom stereocenters. The second-order valence-electron chi connectivity index (χ2n) is 2.95. The summed E-state index contributed by atoms with van der Waals surface area (Å²) in [7, 11) is 0.942. The number of carbonyl (C=O) groups excluding carboxylic acids is 2. The monoisotopic (exact) mass is 243 g/mol. The Morgan fingerprint density at radius 1 is 1.44 bits per heavy atom. The number of hydrogen-bond acceptors (Lipinski definition) is 4. The molecule has 94 valence electrons. The van der Waals surface area contributed by atoms with Crippen LogP contribution in [0.3, 0.4) is 0 Å². The first-order chi connectivity index (χ1) is 7.23. The molecule has 5 nitrogen and oxygen atoms in total. The Balaban J connectivity index is 4.69. The van der Waals surface area contributed by atoms with E-state index in [9.17, 15) is 27.9 Å². The van der Waals surface area contributed by atoms with Crippen molar-refractivity contribution in [2.45, 2.75) is 31.7 Å². The number of halogens is 3. The summed E-state index contributed by atoms with van der Waals surface area (Å²) in [5.74, 6) is -3.43. The van der Waals surface area contributed by atoms with Gasteiger partial charge in [0.15, 0.2) is 6.04 Å². The van der Waals surface area contributed by atoms with Gasteiger partial charge in [-0.15, -0.1) is 0 Å². The van der Waals surface area contributed by atoms with Gasteiger partial charge in [0.25, 0.3) is 0 Å². The predicted molar refractivity (Wildman–Crippen MR) is 46.3 cm³/mol. The van der Waals surface area contributed by atoms with Crippen molar-refractivity contribution in [1.29, 1.82) is 0 Å². The number of rotatable bonds is 4. The van der Waals surface area contributed by atoms with Crippen LogP contribution in [0.4, 0.5) is 13.2 Å². The van der Waals surface area contributed by atoms with Gasteiger partial charge >= 0.3 is 18.1 Å². The van der Waals surface area contributed by atoms with Crippen LogP contribution in [0.5, 0.6) is 0 Å². The molecular formula is C8H12F3NO4. The van der Waals surface area contributed by atoms with E-state index in [0.29, 0.717) is 0 Å². The Morgan fingerprint density at radius 2 is 1.94 bits per heavy atom. The molecule has 0 saturated heterocycles. The van der Waals surface area contributed by atoms with E-state index in [1.165, 1.54) is 12.2 Å². The van der Waals surface area contributed by atoms with Crippen molar-refractivity contribution >= 4 is 11.9 Å². The topological polar surface area (TPSA) is 75.6 Å². The summed E-state index contributed by atoms with van der Waals surface area (Å²) in [5.41, 5.74) is 0. The number of aliphatic hydroxyl groups is 1. The highest BCUT2D eigenvalue weighted by Crippen LogP contribution is 2.15. The zero-order valence-corrected chi connectivity index (χ0v) is 8.67. The molecule has 0 unspecified atom stereocenters. The number of alkyl halides is 3. The molecule has 0 rings (SSSR count). The van der Waals surface area contributed by atoms with Crippen molar-refractivity contribution in [3.63, 3.8) is 0 Å². The average Bonchev–Trinajstić information content (AvgIpc) is 2.21. The summed E-state index contributed by atoms with van der Waals surface area (Å²) >= 11 is 0. The Hall–Kier alpha value is -1.31. The third kappa shape index (κ3) is 4.05. The molecule has 1 amide bonds. The molecular weight excluding hydrogens is 231 g/mol. The molecule has 16 heavy (non-hydrogen) atoms. The summed E-state index contributed by atoms with van der Waals surface area (Å²) < 4.78 is 39.9. The van der Waals surface area contributed by atoms with Crippen molar-refractivity contribution in [2.75, 3.05) is 7.11 Å². The lowest BCUT2D eigenvalue weighted by atomic mass is 10.1. The van der Waals surface area contributed by atoms with Crippen molar-refractivity contribution in [3.8, 4) is 0 Å². The molecule has 0 heterocycles. The van der Waals surface area contributed by atoms with Gasteiger partial charge in [0.1, 0.15) is 0 Å². The van der Waals surface area contributed by atoms with Gasteiger partial charge in [-0.05, 0) is 6.42 Å². The zero-order valence-electron chi connectivity index (χ0n) is 8.67. The molecule has 0 aliphatic carbocycles. The maximum Gasteiger partial charge on any atom is 0.471 e. The van der Waals surface area contributed by atoms with Crippen LogP contribution in [-0.4, -0.2) is 42.4 Å². The van der Waals surface area contributed by atoms with Gasteiger partial charge in [0.2, 0.25) is 0 Å². The molecule has 0 spiro atoms. The fraction of sp³-hybridized carbons (Fsp3) is 0.750. The number of aliphatic hydroxyl groups excluding tert-OH is 1. The van der Waals surface area contributed by atoms with Crippen LogP contribution < -0.4 is 5.32 Å². The highest BCUT2D eigenvalue weighted by atomic mass is 19.4. The Labute approximate surface area is 89.6 Å². The van der Waals surface area contributed by atoms with Crippen molar-refractivity contribution in [1.82, 2.24) is 5.32 Å². The molecule has 0 aromatic carbocycles. The third-order valence-corrected chi connectivity index (χ3v) is 1.80. The van der Waals surface area contributed by atoms with Crippen LogP contribution in [0.2, 0.25) is 0 Å². The minimum Gasteiger partial charge on any atom is -0.467 e. The Morgan fingerprint density at radius 3 is 2.25 bits per heavy atom. The number of ether oxygens (including phenoxy) is 1.